The van der Waals surface area contributed by atoms with Gasteiger partial charge >= 0.3 is 5.97 Å². The molecule has 0 bridgehead atoms. The predicted molar refractivity (Wildman–Crippen MR) is 110 cm³/mol. The first kappa shape index (κ1) is 20.0. The number of hydrogen-bond donors (Lipinski definition) is 1. The summed E-state index contributed by atoms with van der Waals surface area (Å²) in [5.41, 5.74) is 1.22. The zero-order valence-electron chi connectivity index (χ0n) is 16.5. The summed E-state index contributed by atoms with van der Waals surface area (Å²) in [7, 11) is 1.24. The van der Waals surface area contributed by atoms with E-state index in [0.717, 1.165) is 13.1 Å². The van der Waals surface area contributed by atoms with Crippen LogP contribution in [0.1, 0.15) is 5.56 Å². The van der Waals surface area contributed by atoms with Gasteiger partial charge in [0.2, 0.25) is 0 Å². The van der Waals surface area contributed by atoms with E-state index in [2.05, 4.69) is 10.1 Å². The van der Waals surface area contributed by atoms with Gasteiger partial charge in [-0.25, -0.2) is 8.78 Å². The van der Waals surface area contributed by atoms with Gasteiger partial charge in [-0.1, -0.05) is 0 Å². The first-order valence-corrected chi connectivity index (χ1v) is 9.64. The molecule has 0 spiro atoms. The number of rotatable bonds is 4. The van der Waals surface area contributed by atoms with Crippen LogP contribution in [0.2, 0.25) is 0 Å². The lowest BCUT2D eigenvalue weighted by molar-refractivity contribution is -0.139. The Morgan fingerprint density at radius 3 is 2.50 bits per heavy atom. The average Bonchev–Trinajstić information content (AvgIpc) is 2.76. The predicted octanol–water partition coefficient (Wildman–Crippen LogP) is 2.39. The molecule has 156 valence electrons. The number of esters is 1. The van der Waals surface area contributed by atoms with E-state index in [9.17, 15) is 18.4 Å². The van der Waals surface area contributed by atoms with Crippen molar-refractivity contribution in [2.45, 2.75) is 6.42 Å². The van der Waals surface area contributed by atoms with Gasteiger partial charge in [-0.05, 0) is 36.4 Å². The van der Waals surface area contributed by atoms with Crippen molar-refractivity contribution in [3.05, 3.63) is 70.0 Å². The summed E-state index contributed by atoms with van der Waals surface area (Å²) in [5, 5.41) is 3.38. The Kier molecular flexibility index (Phi) is 5.50. The number of carbonyl (C=O) groups excluding carboxylic acids is 1. The molecule has 0 aliphatic carbocycles. The number of halogens is 2. The molecule has 1 aromatic heterocycles. The molecule has 1 aliphatic rings. The van der Waals surface area contributed by atoms with Gasteiger partial charge in [0.1, 0.15) is 11.6 Å². The zero-order chi connectivity index (χ0) is 21.3. The van der Waals surface area contributed by atoms with E-state index in [1.54, 1.807) is 22.8 Å². The number of ether oxygens (including phenoxy) is 1. The Labute approximate surface area is 171 Å². The van der Waals surface area contributed by atoms with E-state index in [1.807, 2.05) is 4.90 Å². The minimum Gasteiger partial charge on any atom is -0.469 e. The lowest BCUT2D eigenvalue weighted by Crippen LogP contribution is -2.43. The van der Waals surface area contributed by atoms with Gasteiger partial charge in [0.05, 0.1) is 24.7 Å². The maximum atomic E-state index is 15.0. The number of carbonyl (C=O) groups is 1. The maximum Gasteiger partial charge on any atom is 0.310 e. The zero-order valence-corrected chi connectivity index (χ0v) is 16.5. The number of nitrogens with one attached hydrogen (secondary N) is 1. The van der Waals surface area contributed by atoms with Crippen LogP contribution in [0.25, 0.3) is 16.6 Å². The number of benzene rings is 2. The molecule has 2 heterocycles. The molecule has 0 unspecified atom stereocenters. The quantitative estimate of drug-likeness (QED) is 0.666. The number of piperazine rings is 1. The largest absolute Gasteiger partial charge is 0.469 e. The Bertz CT molecular complexity index is 1150. The summed E-state index contributed by atoms with van der Waals surface area (Å²) < 4.78 is 34.8. The van der Waals surface area contributed by atoms with Gasteiger partial charge < -0.3 is 19.5 Å². The Morgan fingerprint density at radius 1 is 1.13 bits per heavy atom. The van der Waals surface area contributed by atoms with Crippen LogP contribution in [0.4, 0.5) is 14.5 Å². The minimum absolute atomic E-state index is 0.150. The standard InChI is InChI=1S/C22H21F2N3O3/c1-30-21(28)10-14-13-27(16-4-2-15(23)3-5-16)19-12-20(26-8-6-25-7-9-26)18(24)11-17(19)22(14)29/h2-5,11-13,25H,6-10H2,1H3. The highest BCUT2D eigenvalue weighted by Gasteiger charge is 2.20. The molecule has 0 radical (unpaired) electrons. The van der Waals surface area contributed by atoms with Crippen LogP contribution in [0.3, 0.4) is 0 Å². The van der Waals surface area contributed by atoms with Crippen molar-refractivity contribution in [3.63, 3.8) is 0 Å². The molecule has 4 rings (SSSR count). The summed E-state index contributed by atoms with van der Waals surface area (Å²) in [5.74, 6) is -1.47. The molecule has 1 N–H and O–H groups in total. The Hall–Kier alpha value is -3.26. The van der Waals surface area contributed by atoms with Gasteiger partial charge in [0, 0.05) is 49.0 Å². The van der Waals surface area contributed by atoms with Crippen LogP contribution in [-0.2, 0) is 16.0 Å². The molecule has 1 aliphatic heterocycles. The Morgan fingerprint density at radius 2 is 1.83 bits per heavy atom. The number of nitrogens with zero attached hydrogens (tertiary/aromatic N) is 2. The monoisotopic (exact) mass is 413 g/mol. The van der Waals surface area contributed by atoms with Crippen molar-refractivity contribution < 1.29 is 18.3 Å². The van der Waals surface area contributed by atoms with Crippen LogP contribution in [0.15, 0.2) is 47.4 Å². The molecule has 3 aromatic rings. The Balaban J connectivity index is 1.96. The van der Waals surface area contributed by atoms with Crippen molar-refractivity contribution in [3.8, 4) is 5.69 Å². The van der Waals surface area contributed by atoms with Crippen molar-refractivity contribution >= 4 is 22.6 Å². The number of aromatic nitrogens is 1. The molecular formula is C22H21F2N3O3. The topological polar surface area (TPSA) is 63.6 Å². The number of fused-ring (bicyclic) bond motifs is 1. The van der Waals surface area contributed by atoms with E-state index < -0.39 is 23.0 Å². The van der Waals surface area contributed by atoms with E-state index in [-0.39, 0.29) is 17.4 Å². The van der Waals surface area contributed by atoms with Gasteiger partial charge in [-0.3, -0.25) is 9.59 Å². The molecule has 0 saturated carbocycles. The van der Waals surface area contributed by atoms with Crippen molar-refractivity contribution in [1.82, 2.24) is 9.88 Å². The third kappa shape index (κ3) is 3.78. The molecule has 2 aromatic carbocycles. The number of anilines is 1. The molecule has 8 heteroatoms. The van der Waals surface area contributed by atoms with E-state index >= 15 is 0 Å². The summed E-state index contributed by atoms with van der Waals surface area (Å²) in [6.07, 6.45) is 1.29. The normalized spacial score (nSPS) is 14.2. The fourth-order valence-corrected chi connectivity index (χ4v) is 3.71. The summed E-state index contributed by atoms with van der Waals surface area (Å²) >= 11 is 0. The molecule has 0 atom stereocenters. The summed E-state index contributed by atoms with van der Waals surface area (Å²) in [6.45, 7) is 2.76. The number of methoxy groups -OCH3 is 1. The summed E-state index contributed by atoms with van der Waals surface area (Å²) in [6, 6.07) is 8.60. The van der Waals surface area contributed by atoms with Gasteiger partial charge in [0.15, 0.2) is 5.43 Å². The number of pyridine rings is 1. The smallest absolute Gasteiger partial charge is 0.310 e. The fourth-order valence-electron chi connectivity index (χ4n) is 3.71. The lowest BCUT2D eigenvalue weighted by atomic mass is 10.1. The second-order valence-corrected chi connectivity index (χ2v) is 7.14. The van der Waals surface area contributed by atoms with Crippen LogP contribution >= 0.6 is 0 Å². The second-order valence-electron chi connectivity index (χ2n) is 7.14. The molecule has 30 heavy (non-hydrogen) atoms. The third-order valence-electron chi connectivity index (χ3n) is 5.27. The van der Waals surface area contributed by atoms with Crippen molar-refractivity contribution in [1.29, 1.82) is 0 Å². The van der Waals surface area contributed by atoms with Gasteiger partial charge in [-0.2, -0.15) is 0 Å². The SMILES string of the molecule is COC(=O)Cc1cn(-c2ccc(F)cc2)c2cc(N3CCNCC3)c(F)cc2c1=O. The van der Waals surface area contributed by atoms with Crippen molar-refractivity contribution in [2.24, 2.45) is 0 Å². The first-order chi connectivity index (χ1) is 14.5. The van der Waals surface area contributed by atoms with Crippen molar-refractivity contribution in [2.75, 3.05) is 38.2 Å². The van der Waals surface area contributed by atoms with Crippen LogP contribution < -0.4 is 15.6 Å². The number of hydrogen-bond acceptors (Lipinski definition) is 5. The molecule has 0 amide bonds. The average molecular weight is 413 g/mol. The van der Waals surface area contributed by atoms with Gasteiger partial charge in [-0.15, -0.1) is 0 Å². The van der Waals surface area contributed by atoms with Gasteiger partial charge in [0.25, 0.3) is 0 Å². The van der Waals surface area contributed by atoms with Crippen LogP contribution in [0, 0.1) is 11.6 Å². The fraction of sp³-hybridized carbons (Fsp3) is 0.273. The molecule has 1 saturated heterocycles. The highest BCUT2D eigenvalue weighted by atomic mass is 19.1. The van der Waals surface area contributed by atoms with E-state index in [0.29, 0.717) is 30.0 Å². The molecule has 1 fully saturated rings. The molecule has 6 nitrogen and oxygen atoms in total. The van der Waals surface area contributed by atoms with E-state index in [4.69, 9.17) is 0 Å². The molecular weight excluding hydrogens is 392 g/mol. The minimum atomic E-state index is -0.574. The van der Waals surface area contributed by atoms with E-state index in [1.165, 1.54) is 31.5 Å². The first-order valence-electron chi connectivity index (χ1n) is 9.64. The lowest BCUT2D eigenvalue weighted by Gasteiger charge is -2.30. The highest BCUT2D eigenvalue weighted by Crippen LogP contribution is 2.27. The summed E-state index contributed by atoms with van der Waals surface area (Å²) in [4.78, 5) is 26.7. The van der Waals surface area contributed by atoms with Crippen LogP contribution in [-0.4, -0.2) is 43.8 Å². The maximum absolute atomic E-state index is 15.0. The third-order valence-corrected chi connectivity index (χ3v) is 5.27. The second kappa shape index (κ2) is 8.23. The van der Waals surface area contributed by atoms with Crippen LogP contribution in [0.5, 0.6) is 0 Å². The highest BCUT2D eigenvalue weighted by molar-refractivity contribution is 5.86.